The van der Waals surface area contributed by atoms with Gasteiger partial charge in [0.05, 0.1) is 12.0 Å². The van der Waals surface area contributed by atoms with Gasteiger partial charge in [0.15, 0.2) is 6.10 Å². The molecule has 1 N–H and O–H groups in total. The highest BCUT2D eigenvalue weighted by Gasteiger charge is 2.18. The molecule has 0 unspecified atom stereocenters. The Labute approximate surface area is 184 Å². The van der Waals surface area contributed by atoms with Crippen molar-refractivity contribution in [2.45, 2.75) is 33.4 Å². The summed E-state index contributed by atoms with van der Waals surface area (Å²) in [5.74, 6) is -0.452. The normalized spacial score (nSPS) is 11.7. The van der Waals surface area contributed by atoms with Crippen molar-refractivity contribution in [3.8, 4) is 5.75 Å². The maximum absolute atomic E-state index is 12.9. The van der Waals surface area contributed by atoms with Gasteiger partial charge in [0.2, 0.25) is 5.91 Å². The zero-order valence-electron chi connectivity index (χ0n) is 17.5. The average molecular weight is 443 g/mol. The smallest absolute Gasteiger partial charge is 0.347 e. The van der Waals surface area contributed by atoms with Crippen LogP contribution in [0.25, 0.3) is 10.8 Å². The molecule has 0 aliphatic rings. The Bertz CT molecular complexity index is 1190. The van der Waals surface area contributed by atoms with E-state index in [-0.39, 0.29) is 24.6 Å². The van der Waals surface area contributed by atoms with Crippen LogP contribution in [0.2, 0.25) is 5.02 Å². The van der Waals surface area contributed by atoms with Crippen molar-refractivity contribution in [2.75, 3.05) is 11.9 Å². The molecule has 0 fully saturated rings. The molecule has 1 atom stereocenters. The number of anilines is 1. The number of aromatic nitrogens is 1. The minimum absolute atomic E-state index is 0.162. The molecule has 0 aliphatic carbocycles. The van der Waals surface area contributed by atoms with E-state index >= 15 is 0 Å². The molecule has 3 rings (SSSR count). The van der Waals surface area contributed by atoms with Crippen molar-refractivity contribution >= 4 is 39.9 Å². The predicted octanol–water partition coefficient (Wildman–Crippen LogP) is 3.93. The van der Waals surface area contributed by atoms with Crippen LogP contribution in [0.4, 0.5) is 5.69 Å². The lowest BCUT2D eigenvalue weighted by Gasteiger charge is -2.15. The number of hydrogen-bond acceptors (Lipinski definition) is 5. The number of nitrogens with zero attached hydrogens (tertiary/aromatic N) is 1. The van der Waals surface area contributed by atoms with Crippen LogP contribution in [0.5, 0.6) is 5.75 Å². The van der Waals surface area contributed by atoms with Gasteiger partial charge in [-0.15, -0.1) is 0 Å². The van der Waals surface area contributed by atoms with E-state index in [0.717, 1.165) is 5.56 Å². The van der Waals surface area contributed by atoms with Gasteiger partial charge in [-0.1, -0.05) is 23.7 Å². The standard InChI is InChI=1S/C23H23ClN2O5/c1-4-30-23(29)15(3)31-20-7-5-6-18-17(20)10-11-26(22(18)28)13-21(27)25-16-9-8-14(2)19(24)12-16/h5-12,15H,4,13H2,1-3H3,(H,25,27)/t15-/m0/s1. The van der Waals surface area contributed by atoms with Crippen LogP contribution in [0.15, 0.2) is 53.5 Å². The summed E-state index contributed by atoms with van der Waals surface area (Å²) in [7, 11) is 0. The fourth-order valence-corrected chi connectivity index (χ4v) is 3.22. The summed E-state index contributed by atoms with van der Waals surface area (Å²) >= 11 is 6.09. The topological polar surface area (TPSA) is 86.6 Å². The highest BCUT2D eigenvalue weighted by atomic mass is 35.5. The largest absolute Gasteiger partial charge is 0.478 e. The van der Waals surface area contributed by atoms with Gasteiger partial charge >= 0.3 is 5.97 Å². The predicted molar refractivity (Wildman–Crippen MR) is 120 cm³/mol. The maximum atomic E-state index is 12.9. The summed E-state index contributed by atoms with van der Waals surface area (Å²) in [4.78, 5) is 37.2. The molecular weight excluding hydrogens is 420 g/mol. The van der Waals surface area contributed by atoms with Crippen LogP contribution in [0.1, 0.15) is 19.4 Å². The minimum atomic E-state index is -0.819. The number of esters is 1. The Morgan fingerprint density at radius 2 is 1.94 bits per heavy atom. The van der Waals surface area contributed by atoms with Gasteiger partial charge in [-0.05, 0) is 56.7 Å². The number of aryl methyl sites for hydroxylation is 1. The fourth-order valence-electron chi connectivity index (χ4n) is 3.04. The van der Waals surface area contributed by atoms with Crippen LogP contribution in [0.3, 0.4) is 0 Å². The number of pyridine rings is 1. The number of rotatable bonds is 7. The van der Waals surface area contributed by atoms with E-state index in [0.29, 0.717) is 27.2 Å². The summed E-state index contributed by atoms with van der Waals surface area (Å²) in [5.41, 5.74) is 1.11. The number of nitrogens with one attached hydrogen (secondary N) is 1. The van der Waals surface area contributed by atoms with Gasteiger partial charge < -0.3 is 19.4 Å². The molecule has 7 nitrogen and oxygen atoms in total. The van der Waals surface area contributed by atoms with Crippen molar-refractivity contribution in [1.82, 2.24) is 4.57 Å². The van der Waals surface area contributed by atoms with Crippen LogP contribution in [-0.4, -0.2) is 29.2 Å². The third kappa shape index (κ3) is 5.24. The van der Waals surface area contributed by atoms with E-state index in [4.69, 9.17) is 21.1 Å². The summed E-state index contributed by atoms with van der Waals surface area (Å²) in [6.45, 7) is 5.26. The number of halogens is 1. The summed E-state index contributed by atoms with van der Waals surface area (Å²) in [5, 5.41) is 4.21. The Morgan fingerprint density at radius 1 is 1.16 bits per heavy atom. The van der Waals surface area contributed by atoms with Gasteiger partial charge in [0.1, 0.15) is 12.3 Å². The third-order valence-electron chi connectivity index (χ3n) is 4.67. The van der Waals surface area contributed by atoms with Crippen LogP contribution >= 0.6 is 11.6 Å². The Balaban J connectivity index is 1.81. The molecule has 0 bridgehead atoms. The zero-order valence-corrected chi connectivity index (χ0v) is 18.2. The summed E-state index contributed by atoms with van der Waals surface area (Å²) < 4.78 is 12.0. The minimum Gasteiger partial charge on any atom is -0.478 e. The monoisotopic (exact) mass is 442 g/mol. The number of hydrogen-bond donors (Lipinski definition) is 1. The van der Waals surface area contributed by atoms with Crippen molar-refractivity contribution in [3.63, 3.8) is 0 Å². The van der Waals surface area contributed by atoms with Gasteiger partial charge in [0.25, 0.3) is 5.56 Å². The molecule has 0 saturated heterocycles. The van der Waals surface area contributed by atoms with Crippen molar-refractivity contribution < 1.29 is 19.1 Å². The Hall–Kier alpha value is -3.32. The third-order valence-corrected chi connectivity index (χ3v) is 5.08. The number of carbonyl (C=O) groups is 2. The van der Waals surface area contributed by atoms with E-state index in [2.05, 4.69) is 5.32 Å². The Kier molecular flexibility index (Phi) is 6.97. The molecule has 0 spiro atoms. The molecule has 8 heteroatoms. The summed E-state index contributed by atoms with van der Waals surface area (Å²) in [6, 6.07) is 11.9. The van der Waals surface area contributed by atoms with Crippen molar-refractivity contribution in [3.05, 3.63) is 69.6 Å². The molecule has 1 heterocycles. The first-order chi connectivity index (χ1) is 14.8. The van der Waals surface area contributed by atoms with E-state index < -0.39 is 12.1 Å². The summed E-state index contributed by atoms with van der Waals surface area (Å²) in [6.07, 6.45) is 0.703. The molecule has 0 saturated carbocycles. The number of carbonyl (C=O) groups excluding carboxylic acids is 2. The molecule has 1 aromatic heterocycles. The van der Waals surface area contributed by atoms with E-state index in [1.54, 1.807) is 56.3 Å². The quantitative estimate of drug-likeness (QED) is 0.560. The highest BCUT2D eigenvalue weighted by Crippen LogP contribution is 2.24. The molecule has 1 amide bonds. The first-order valence-corrected chi connectivity index (χ1v) is 10.2. The molecule has 3 aromatic rings. The van der Waals surface area contributed by atoms with Gasteiger partial charge in [-0.25, -0.2) is 4.79 Å². The maximum Gasteiger partial charge on any atom is 0.347 e. The van der Waals surface area contributed by atoms with Crippen LogP contribution in [-0.2, 0) is 20.9 Å². The first kappa shape index (κ1) is 22.4. The van der Waals surface area contributed by atoms with Crippen molar-refractivity contribution in [1.29, 1.82) is 0 Å². The molecule has 162 valence electrons. The highest BCUT2D eigenvalue weighted by molar-refractivity contribution is 6.31. The molecular formula is C23H23ClN2O5. The van der Waals surface area contributed by atoms with Gasteiger partial charge in [-0.3, -0.25) is 9.59 Å². The molecule has 2 aromatic carbocycles. The second kappa shape index (κ2) is 9.66. The molecule has 31 heavy (non-hydrogen) atoms. The van der Waals surface area contributed by atoms with Crippen molar-refractivity contribution in [2.24, 2.45) is 0 Å². The molecule has 0 radical (unpaired) electrons. The second-order valence-electron chi connectivity index (χ2n) is 6.99. The van der Waals surface area contributed by atoms with Crippen LogP contribution in [0, 0.1) is 6.92 Å². The number of benzene rings is 2. The Morgan fingerprint density at radius 3 is 2.65 bits per heavy atom. The lowest BCUT2D eigenvalue weighted by Crippen LogP contribution is -2.28. The lowest BCUT2D eigenvalue weighted by atomic mass is 10.1. The SMILES string of the molecule is CCOC(=O)[C@H](C)Oc1cccc2c(=O)n(CC(=O)Nc3ccc(C)c(Cl)c3)ccc12. The van der Waals surface area contributed by atoms with Gasteiger partial charge in [0, 0.05) is 22.3 Å². The van der Waals surface area contributed by atoms with Gasteiger partial charge in [-0.2, -0.15) is 0 Å². The first-order valence-electron chi connectivity index (χ1n) is 9.81. The van der Waals surface area contributed by atoms with E-state index in [9.17, 15) is 14.4 Å². The second-order valence-corrected chi connectivity index (χ2v) is 7.40. The number of fused-ring (bicyclic) bond motifs is 1. The molecule has 0 aliphatic heterocycles. The lowest BCUT2D eigenvalue weighted by molar-refractivity contribution is -0.150. The van der Waals surface area contributed by atoms with Crippen LogP contribution < -0.4 is 15.6 Å². The average Bonchev–Trinajstić information content (AvgIpc) is 2.73. The number of ether oxygens (including phenoxy) is 2. The van der Waals surface area contributed by atoms with E-state index in [1.807, 2.05) is 6.92 Å². The zero-order chi connectivity index (χ0) is 22.5. The van der Waals surface area contributed by atoms with E-state index in [1.165, 1.54) is 10.8 Å². The number of amides is 1. The fraction of sp³-hybridized carbons (Fsp3) is 0.261.